The molecule has 1 atom stereocenters. The number of nitrogens with one attached hydrogen (secondary N) is 1. The van der Waals surface area contributed by atoms with Crippen molar-refractivity contribution in [1.82, 2.24) is 10.2 Å². The molecule has 1 aliphatic carbocycles. The quantitative estimate of drug-likeness (QED) is 0.889. The molecular formula is C19H25ClN2O2. The van der Waals surface area contributed by atoms with E-state index in [-0.39, 0.29) is 5.91 Å². The molecular weight excluding hydrogens is 324 g/mol. The Kier molecular flexibility index (Phi) is 6.30. The summed E-state index contributed by atoms with van der Waals surface area (Å²) < 4.78 is 5.43. The lowest BCUT2D eigenvalue weighted by Gasteiger charge is -2.34. The van der Waals surface area contributed by atoms with Crippen LogP contribution >= 0.6 is 11.6 Å². The van der Waals surface area contributed by atoms with Crippen LogP contribution in [0.5, 0.6) is 0 Å². The Balaban J connectivity index is 1.77. The fourth-order valence-corrected chi connectivity index (χ4v) is 3.80. The Hall–Kier alpha value is -1.36. The van der Waals surface area contributed by atoms with Gasteiger partial charge in [0.05, 0.1) is 13.2 Å². The van der Waals surface area contributed by atoms with Gasteiger partial charge in [-0.05, 0) is 24.5 Å². The van der Waals surface area contributed by atoms with Gasteiger partial charge in [0.25, 0.3) is 0 Å². The van der Waals surface area contributed by atoms with Gasteiger partial charge in [0.1, 0.15) is 6.04 Å². The standard InChI is InChI=1S/C19H25ClN2O2/c20-17(14-15-6-2-1-3-7-15)18(22-10-12-24-13-11-22)19(23)21-16-8-4-5-9-16/h1-3,6-7,14,16,18H,4-5,8-13H2,(H,21,23)/b17-14-/t18-/m1/s1. The fraction of sp³-hybridized carbons (Fsp3) is 0.526. The van der Waals surface area contributed by atoms with Crippen LogP contribution in [-0.2, 0) is 9.53 Å². The van der Waals surface area contributed by atoms with Crippen molar-refractivity contribution in [2.24, 2.45) is 0 Å². The molecule has 2 fully saturated rings. The maximum Gasteiger partial charge on any atom is 0.243 e. The van der Waals surface area contributed by atoms with Gasteiger partial charge in [-0.15, -0.1) is 0 Å². The topological polar surface area (TPSA) is 41.6 Å². The monoisotopic (exact) mass is 348 g/mol. The number of hydrogen-bond acceptors (Lipinski definition) is 3. The molecule has 0 aromatic heterocycles. The molecule has 24 heavy (non-hydrogen) atoms. The highest BCUT2D eigenvalue weighted by Gasteiger charge is 2.31. The zero-order valence-electron chi connectivity index (χ0n) is 13.9. The van der Waals surface area contributed by atoms with Gasteiger partial charge in [-0.2, -0.15) is 0 Å². The van der Waals surface area contributed by atoms with Crippen LogP contribution in [-0.4, -0.2) is 49.2 Å². The lowest BCUT2D eigenvalue weighted by Crippen LogP contribution is -2.52. The maximum absolute atomic E-state index is 12.9. The van der Waals surface area contributed by atoms with E-state index in [1.54, 1.807) is 0 Å². The summed E-state index contributed by atoms with van der Waals surface area (Å²) in [5, 5.41) is 3.76. The number of ether oxygens (including phenoxy) is 1. The molecule has 1 N–H and O–H groups in total. The predicted octanol–water partition coefficient (Wildman–Crippen LogP) is 3.03. The van der Waals surface area contributed by atoms with Crippen molar-refractivity contribution in [1.29, 1.82) is 0 Å². The first-order valence-corrected chi connectivity index (χ1v) is 9.16. The molecule has 130 valence electrons. The van der Waals surface area contributed by atoms with E-state index in [0.29, 0.717) is 24.3 Å². The smallest absolute Gasteiger partial charge is 0.243 e. The van der Waals surface area contributed by atoms with E-state index in [0.717, 1.165) is 31.5 Å². The summed E-state index contributed by atoms with van der Waals surface area (Å²) in [6.45, 7) is 2.73. The fourth-order valence-electron chi connectivity index (χ4n) is 3.44. The number of amides is 1. The first-order chi connectivity index (χ1) is 11.7. The van der Waals surface area contributed by atoms with Crippen molar-refractivity contribution in [2.45, 2.75) is 37.8 Å². The van der Waals surface area contributed by atoms with E-state index < -0.39 is 6.04 Å². The number of rotatable bonds is 5. The number of carbonyl (C=O) groups excluding carboxylic acids is 1. The van der Waals surface area contributed by atoms with Crippen LogP contribution in [0.15, 0.2) is 35.4 Å². The van der Waals surface area contributed by atoms with Gasteiger partial charge < -0.3 is 10.1 Å². The van der Waals surface area contributed by atoms with Gasteiger partial charge in [-0.3, -0.25) is 9.69 Å². The first kappa shape index (κ1) is 17.5. The highest BCUT2D eigenvalue weighted by Crippen LogP contribution is 2.23. The van der Waals surface area contributed by atoms with Crippen LogP contribution in [0.2, 0.25) is 0 Å². The average molecular weight is 349 g/mol. The minimum atomic E-state index is -0.434. The minimum Gasteiger partial charge on any atom is -0.379 e. The average Bonchev–Trinajstić information content (AvgIpc) is 3.10. The highest BCUT2D eigenvalue weighted by atomic mass is 35.5. The van der Waals surface area contributed by atoms with E-state index in [4.69, 9.17) is 16.3 Å². The summed E-state index contributed by atoms with van der Waals surface area (Å²) in [4.78, 5) is 15.0. The SMILES string of the molecule is O=C(NC1CCCC1)[C@@H](/C(Cl)=C/c1ccccc1)N1CCOCC1. The second-order valence-electron chi connectivity index (χ2n) is 6.48. The molecule has 1 aromatic rings. The molecule has 5 heteroatoms. The molecule has 4 nitrogen and oxygen atoms in total. The predicted molar refractivity (Wildman–Crippen MR) is 96.9 cm³/mol. The third kappa shape index (κ3) is 4.59. The van der Waals surface area contributed by atoms with Crippen molar-refractivity contribution in [2.75, 3.05) is 26.3 Å². The molecule has 2 aliphatic rings. The van der Waals surface area contributed by atoms with Crippen molar-refractivity contribution in [3.63, 3.8) is 0 Å². The molecule has 0 spiro atoms. The Morgan fingerprint density at radius 1 is 1.21 bits per heavy atom. The van der Waals surface area contributed by atoms with Crippen LogP contribution in [0.3, 0.4) is 0 Å². The normalized spacial score (nSPS) is 21.6. The van der Waals surface area contributed by atoms with Crippen molar-refractivity contribution in [3.05, 3.63) is 40.9 Å². The lowest BCUT2D eigenvalue weighted by molar-refractivity contribution is -0.127. The van der Waals surface area contributed by atoms with Crippen molar-refractivity contribution in [3.8, 4) is 0 Å². The first-order valence-electron chi connectivity index (χ1n) is 8.78. The van der Waals surface area contributed by atoms with Crippen molar-refractivity contribution < 1.29 is 9.53 Å². The number of halogens is 1. The summed E-state index contributed by atoms with van der Waals surface area (Å²) in [5.41, 5.74) is 1.01. The summed E-state index contributed by atoms with van der Waals surface area (Å²) >= 11 is 6.61. The number of nitrogens with zero attached hydrogens (tertiary/aromatic N) is 1. The third-order valence-corrected chi connectivity index (χ3v) is 5.04. The van der Waals surface area contributed by atoms with Gasteiger partial charge >= 0.3 is 0 Å². The van der Waals surface area contributed by atoms with E-state index in [2.05, 4.69) is 10.2 Å². The number of benzene rings is 1. The van der Waals surface area contributed by atoms with E-state index in [9.17, 15) is 4.79 Å². The molecule has 1 saturated carbocycles. The zero-order chi connectivity index (χ0) is 16.8. The van der Waals surface area contributed by atoms with E-state index in [1.165, 1.54) is 12.8 Å². The van der Waals surface area contributed by atoms with Gasteiger partial charge in [-0.25, -0.2) is 0 Å². The molecule has 1 amide bonds. The molecule has 0 radical (unpaired) electrons. The van der Waals surface area contributed by atoms with E-state index in [1.807, 2.05) is 36.4 Å². The lowest BCUT2D eigenvalue weighted by atomic mass is 10.1. The second-order valence-corrected chi connectivity index (χ2v) is 6.92. The Bertz CT molecular complexity index is 564. The van der Waals surface area contributed by atoms with Crippen LogP contribution in [0, 0.1) is 0 Å². The van der Waals surface area contributed by atoms with Crippen LogP contribution in [0.1, 0.15) is 31.2 Å². The highest BCUT2D eigenvalue weighted by molar-refractivity contribution is 6.34. The molecule has 1 aromatic carbocycles. The number of hydrogen-bond donors (Lipinski definition) is 1. The number of morpholine rings is 1. The van der Waals surface area contributed by atoms with Gasteiger partial charge in [0.15, 0.2) is 0 Å². The summed E-state index contributed by atoms with van der Waals surface area (Å²) in [5.74, 6) is 0.0148. The van der Waals surface area contributed by atoms with Crippen LogP contribution in [0.25, 0.3) is 6.08 Å². The second kappa shape index (κ2) is 8.65. The molecule has 3 rings (SSSR count). The molecule has 1 saturated heterocycles. The Morgan fingerprint density at radius 2 is 1.88 bits per heavy atom. The van der Waals surface area contributed by atoms with Gasteiger partial charge in [-0.1, -0.05) is 54.8 Å². The Morgan fingerprint density at radius 3 is 2.54 bits per heavy atom. The van der Waals surface area contributed by atoms with Crippen LogP contribution < -0.4 is 5.32 Å². The summed E-state index contributed by atoms with van der Waals surface area (Å²) in [6, 6.07) is 9.76. The summed E-state index contributed by atoms with van der Waals surface area (Å²) in [7, 11) is 0. The minimum absolute atomic E-state index is 0.0148. The molecule has 0 bridgehead atoms. The molecule has 1 heterocycles. The number of carbonyl (C=O) groups is 1. The van der Waals surface area contributed by atoms with E-state index >= 15 is 0 Å². The largest absolute Gasteiger partial charge is 0.379 e. The maximum atomic E-state index is 12.9. The molecule has 0 unspecified atom stereocenters. The van der Waals surface area contributed by atoms with Crippen molar-refractivity contribution >= 4 is 23.6 Å². The van der Waals surface area contributed by atoms with Crippen LogP contribution in [0.4, 0.5) is 0 Å². The van der Waals surface area contributed by atoms with Gasteiger partial charge in [0.2, 0.25) is 5.91 Å². The van der Waals surface area contributed by atoms with Gasteiger partial charge in [0, 0.05) is 24.2 Å². The third-order valence-electron chi connectivity index (χ3n) is 4.73. The zero-order valence-corrected chi connectivity index (χ0v) is 14.7. The molecule has 1 aliphatic heterocycles. The summed E-state index contributed by atoms with van der Waals surface area (Å²) in [6.07, 6.45) is 6.43. The Labute approximate surface area is 148 Å².